The van der Waals surface area contributed by atoms with E-state index in [1.807, 2.05) is 44.3 Å². The lowest BCUT2D eigenvalue weighted by atomic mass is 10.2. The van der Waals surface area contributed by atoms with Crippen LogP contribution in [0.5, 0.6) is 0 Å². The molecule has 0 saturated carbocycles. The molecule has 0 aliphatic rings. The Labute approximate surface area is 107 Å². The van der Waals surface area contributed by atoms with Crippen LogP contribution in [0.25, 0.3) is 0 Å². The maximum Gasteiger partial charge on any atom is 0.155 e. The molecule has 0 aliphatic carbocycles. The van der Waals surface area contributed by atoms with Crippen molar-refractivity contribution in [3.05, 3.63) is 41.6 Å². The van der Waals surface area contributed by atoms with Gasteiger partial charge in [-0.1, -0.05) is 18.2 Å². The summed E-state index contributed by atoms with van der Waals surface area (Å²) in [6.45, 7) is 4.69. The SMILES string of the molecule is CCN(c1ccccc1)c1c(C=O)c(C)nn1C. The third-order valence-corrected chi connectivity index (χ3v) is 2.99. The molecule has 0 fully saturated rings. The van der Waals surface area contributed by atoms with Crippen molar-refractivity contribution in [1.29, 1.82) is 0 Å². The highest BCUT2D eigenvalue weighted by Crippen LogP contribution is 2.28. The second kappa shape index (κ2) is 5.04. The van der Waals surface area contributed by atoms with Gasteiger partial charge in [0.05, 0.1) is 11.3 Å². The quantitative estimate of drug-likeness (QED) is 0.775. The van der Waals surface area contributed by atoms with Crippen LogP contribution in [0, 0.1) is 6.92 Å². The zero-order valence-corrected chi connectivity index (χ0v) is 10.9. The van der Waals surface area contributed by atoms with Crippen LogP contribution < -0.4 is 4.90 Å². The molecule has 0 bridgehead atoms. The van der Waals surface area contributed by atoms with E-state index in [1.165, 1.54) is 0 Å². The molecule has 1 aromatic heterocycles. The fourth-order valence-electron chi connectivity index (χ4n) is 2.18. The summed E-state index contributed by atoms with van der Waals surface area (Å²) in [7, 11) is 1.86. The van der Waals surface area contributed by atoms with Gasteiger partial charge in [-0.25, -0.2) is 0 Å². The topological polar surface area (TPSA) is 38.1 Å². The molecule has 2 aromatic rings. The summed E-state index contributed by atoms with van der Waals surface area (Å²) < 4.78 is 1.76. The Morgan fingerprint density at radius 2 is 2.00 bits per heavy atom. The number of benzene rings is 1. The average molecular weight is 243 g/mol. The first-order valence-corrected chi connectivity index (χ1v) is 6.00. The number of hydrogen-bond acceptors (Lipinski definition) is 3. The summed E-state index contributed by atoms with van der Waals surface area (Å²) in [6, 6.07) is 10.0. The number of hydrogen-bond donors (Lipinski definition) is 0. The van der Waals surface area contributed by atoms with Crippen molar-refractivity contribution in [1.82, 2.24) is 9.78 Å². The number of aldehydes is 1. The van der Waals surface area contributed by atoms with Gasteiger partial charge in [-0.15, -0.1) is 0 Å². The van der Waals surface area contributed by atoms with Crippen molar-refractivity contribution in [3.8, 4) is 0 Å². The molecule has 94 valence electrons. The van der Waals surface area contributed by atoms with Crippen LogP contribution in [0.3, 0.4) is 0 Å². The average Bonchev–Trinajstić information content (AvgIpc) is 2.66. The molecule has 0 saturated heterocycles. The second-order valence-corrected chi connectivity index (χ2v) is 4.14. The summed E-state index contributed by atoms with van der Waals surface area (Å²) in [5.74, 6) is 0.844. The number of carbonyl (C=O) groups is 1. The van der Waals surface area contributed by atoms with E-state index in [-0.39, 0.29) is 0 Å². The number of anilines is 2. The monoisotopic (exact) mass is 243 g/mol. The van der Waals surface area contributed by atoms with Crippen LogP contribution in [-0.2, 0) is 7.05 Å². The van der Waals surface area contributed by atoms with Crippen molar-refractivity contribution in [2.45, 2.75) is 13.8 Å². The van der Waals surface area contributed by atoms with E-state index >= 15 is 0 Å². The van der Waals surface area contributed by atoms with E-state index in [1.54, 1.807) is 4.68 Å². The van der Waals surface area contributed by atoms with Crippen LogP contribution in [0.15, 0.2) is 30.3 Å². The van der Waals surface area contributed by atoms with Gasteiger partial charge in [0.1, 0.15) is 5.82 Å². The fourth-order valence-corrected chi connectivity index (χ4v) is 2.18. The fraction of sp³-hybridized carbons (Fsp3) is 0.286. The smallest absolute Gasteiger partial charge is 0.155 e. The van der Waals surface area contributed by atoms with Crippen molar-refractivity contribution in [2.75, 3.05) is 11.4 Å². The molecule has 0 aliphatic heterocycles. The van der Waals surface area contributed by atoms with Crippen LogP contribution in [0.2, 0.25) is 0 Å². The third kappa shape index (κ3) is 2.01. The third-order valence-electron chi connectivity index (χ3n) is 2.99. The molecular formula is C14H17N3O. The van der Waals surface area contributed by atoms with E-state index in [2.05, 4.69) is 16.9 Å². The molecule has 0 atom stereocenters. The van der Waals surface area contributed by atoms with E-state index in [0.717, 1.165) is 30.0 Å². The normalized spacial score (nSPS) is 10.4. The molecule has 1 aromatic carbocycles. The van der Waals surface area contributed by atoms with Gasteiger partial charge >= 0.3 is 0 Å². The molecule has 4 nitrogen and oxygen atoms in total. The first kappa shape index (κ1) is 12.4. The van der Waals surface area contributed by atoms with Crippen LogP contribution in [0.4, 0.5) is 11.5 Å². The van der Waals surface area contributed by atoms with Gasteiger partial charge < -0.3 is 4.90 Å². The highest BCUT2D eigenvalue weighted by Gasteiger charge is 2.18. The lowest BCUT2D eigenvalue weighted by molar-refractivity contribution is 0.112. The molecule has 0 spiro atoms. The second-order valence-electron chi connectivity index (χ2n) is 4.14. The summed E-state index contributed by atoms with van der Waals surface area (Å²) in [5.41, 5.74) is 2.48. The maximum atomic E-state index is 11.2. The number of aromatic nitrogens is 2. The van der Waals surface area contributed by atoms with Crippen LogP contribution in [-0.4, -0.2) is 22.6 Å². The van der Waals surface area contributed by atoms with E-state index in [4.69, 9.17) is 0 Å². The van der Waals surface area contributed by atoms with Gasteiger partial charge in [0.15, 0.2) is 6.29 Å². The first-order chi connectivity index (χ1) is 8.69. The Hall–Kier alpha value is -2.10. The molecule has 18 heavy (non-hydrogen) atoms. The van der Waals surface area contributed by atoms with Gasteiger partial charge in [-0.3, -0.25) is 9.48 Å². The molecule has 4 heteroatoms. The van der Waals surface area contributed by atoms with Crippen molar-refractivity contribution in [3.63, 3.8) is 0 Å². The summed E-state index contributed by atoms with van der Waals surface area (Å²) in [6.07, 6.45) is 0.878. The van der Waals surface area contributed by atoms with Gasteiger partial charge in [0.2, 0.25) is 0 Å². The number of carbonyl (C=O) groups excluding carboxylic acids is 1. The molecule has 0 unspecified atom stereocenters. The molecular weight excluding hydrogens is 226 g/mol. The largest absolute Gasteiger partial charge is 0.326 e. The van der Waals surface area contributed by atoms with Gasteiger partial charge in [-0.05, 0) is 26.0 Å². The van der Waals surface area contributed by atoms with Crippen molar-refractivity contribution >= 4 is 17.8 Å². The minimum Gasteiger partial charge on any atom is -0.326 e. The van der Waals surface area contributed by atoms with Gasteiger partial charge in [0, 0.05) is 19.3 Å². The predicted octanol–water partition coefficient (Wildman–Crippen LogP) is 2.70. The van der Waals surface area contributed by atoms with Crippen molar-refractivity contribution < 1.29 is 4.79 Å². The summed E-state index contributed by atoms with van der Waals surface area (Å²) in [4.78, 5) is 13.3. The molecule has 0 amide bonds. The Morgan fingerprint density at radius 1 is 1.33 bits per heavy atom. The minimum absolute atomic E-state index is 0.656. The number of para-hydroxylation sites is 1. The lowest BCUT2D eigenvalue weighted by Gasteiger charge is -2.23. The molecule has 0 N–H and O–H groups in total. The van der Waals surface area contributed by atoms with Gasteiger partial charge in [0.25, 0.3) is 0 Å². The first-order valence-electron chi connectivity index (χ1n) is 6.00. The standard InChI is InChI=1S/C14H17N3O/c1-4-17(12-8-6-5-7-9-12)14-13(10-18)11(2)15-16(14)3/h5-10H,4H2,1-3H3. The molecule has 1 heterocycles. The van der Waals surface area contributed by atoms with E-state index in [0.29, 0.717) is 5.56 Å². The zero-order valence-electron chi connectivity index (χ0n) is 10.9. The van der Waals surface area contributed by atoms with E-state index in [9.17, 15) is 4.79 Å². The Morgan fingerprint density at radius 3 is 2.56 bits per heavy atom. The van der Waals surface area contributed by atoms with E-state index < -0.39 is 0 Å². The highest BCUT2D eigenvalue weighted by atomic mass is 16.1. The van der Waals surface area contributed by atoms with Crippen molar-refractivity contribution in [2.24, 2.45) is 7.05 Å². The van der Waals surface area contributed by atoms with Crippen LogP contribution >= 0.6 is 0 Å². The molecule has 2 rings (SSSR count). The summed E-state index contributed by atoms with van der Waals surface area (Å²) in [5, 5.41) is 4.32. The molecule has 0 radical (unpaired) electrons. The highest BCUT2D eigenvalue weighted by molar-refractivity contribution is 5.86. The van der Waals surface area contributed by atoms with Crippen LogP contribution in [0.1, 0.15) is 23.0 Å². The number of aryl methyl sites for hydroxylation is 2. The maximum absolute atomic E-state index is 11.2. The zero-order chi connectivity index (χ0) is 13.1. The summed E-state index contributed by atoms with van der Waals surface area (Å²) >= 11 is 0. The number of nitrogens with zero attached hydrogens (tertiary/aromatic N) is 3. The predicted molar refractivity (Wildman–Crippen MR) is 72.5 cm³/mol. The van der Waals surface area contributed by atoms with Gasteiger partial charge in [-0.2, -0.15) is 5.10 Å². The Bertz CT molecular complexity index is 546. The number of rotatable bonds is 4. The minimum atomic E-state index is 0.656. The Kier molecular flexibility index (Phi) is 3.46. The lowest BCUT2D eigenvalue weighted by Crippen LogP contribution is -2.20. The Balaban J connectivity index is 2.55.